The lowest BCUT2D eigenvalue weighted by atomic mass is 9.96. The van der Waals surface area contributed by atoms with E-state index in [4.69, 9.17) is 9.63 Å². The second-order valence-electron chi connectivity index (χ2n) is 3.96. The van der Waals surface area contributed by atoms with Crippen molar-refractivity contribution in [3.63, 3.8) is 0 Å². The van der Waals surface area contributed by atoms with Gasteiger partial charge >= 0.3 is 5.97 Å². The Hall–Kier alpha value is -2.31. The van der Waals surface area contributed by atoms with Gasteiger partial charge in [-0.15, -0.1) is 0 Å². The van der Waals surface area contributed by atoms with Crippen molar-refractivity contribution >= 4 is 5.97 Å². The molecule has 1 N–H and O–H groups in total. The molecule has 18 heavy (non-hydrogen) atoms. The number of aromatic nitrogens is 4. The molecule has 0 saturated carbocycles. The number of rotatable bonds is 4. The third kappa shape index (κ3) is 2.34. The van der Waals surface area contributed by atoms with Crippen LogP contribution in [0.4, 0.5) is 0 Å². The number of hydrogen-bond acceptors (Lipinski definition) is 6. The number of aliphatic carboxylic acids is 1. The van der Waals surface area contributed by atoms with Crippen LogP contribution in [0, 0.1) is 5.92 Å². The Bertz CT molecular complexity index is 540. The topological polar surface area (TPSA) is 102 Å². The monoisotopic (exact) mass is 248 g/mol. The Kier molecular flexibility index (Phi) is 3.31. The Morgan fingerprint density at radius 1 is 1.39 bits per heavy atom. The average Bonchev–Trinajstić information content (AvgIpc) is 2.87. The summed E-state index contributed by atoms with van der Waals surface area (Å²) < 4.78 is 5.06. The van der Waals surface area contributed by atoms with Crippen molar-refractivity contribution in [2.45, 2.75) is 19.8 Å². The van der Waals surface area contributed by atoms with Crippen LogP contribution in [-0.4, -0.2) is 31.2 Å². The molecular formula is C11H12N4O3. The molecule has 0 radical (unpaired) electrons. The minimum absolute atomic E-state index is 0.283. The van der Waals surface area contributed by atoms with Gasteiger partial charge in [0.05, 0.1) is 12.1 Å². The van der Waals surface area contributed by atoms with Gasteiger partial charge in [-0.1, -0.05) is 19.0 Å². The van der Waals surface area contributed by atoms with Gasteiger partial charge in [0.2, 0.25) is 11.7 Å². The molecule has 0 aliphatic heterocycles. The summed E-state index contributed by atoms with van der Waals surface area (Å²) in [6.07, 6.45) is 4.58. The van der Waals surface area contributed by atoms with Gasteiger partial charge in [-0.3, -0.25) is 9.78 Å². The van der Waals surface area contributed by atoms with Crippen molar-refractivity contribution in [2.24, 2.45) is 5.92 Å². The molecular weight excluding hydrogens is 236 g/mol. The van der Waals surface area contributed by atoms with Crippen LogP contribution in [-0.2, 0) is 4.79 Å². The Morgan fingerprint density at radius 3 is 2.78 bits per heavy atom. The maximum atomic E-state index is 10.9. The van der Waals surface area contributed by atoms with Crippen LogP contribution in [0.3, 0.4) is 0 Å². The van der Waals surface area contributed by atoms with Gasteiger partial charge < -0.3 is 9.63 Å². The Morgan fingerprint density at radius 2 is 2.17 bits per heavy atom. The maximum Gasteiger partial charge on any atom is 0.307 e. The first-order chi connectivity index (χ1) is 8.59. The molecule has 0 aliphatic carbocycles. The predicted octanol–water partition coefficient (Wildman–Crippen LogP) is 1.35. The molecule has 0 saturated heterocycles. The van der Waals surface area contributed by atoms with Crippen LogP contribution in [0.1, 0.15) is 25.7 Å². The molecule has 2 heterocycles. The van der Waals surface area contributed by atoms with Crippen LogP contribution in [0.2, 0.25) is 0 Å². The average molecular weight is 248 g/mol. The van der Waals surface area contributed by atoms with E-state index < -0.39 is 11.9 Å². The SMILES string of the molecule is CC(C(=O)O)C(C)c1nc(-c2cnccn2)no1. The summed E-state index contributed by atoms with van der Waals surface area (Å²) in [7, 11) is 0. The molecule has 0 amide bonds. The lowest BCUT2D eigenvalue weighted by Crippen LogP contribution is -2.16. The molecule has 2 atom stereocenters. The first-order valence-electron chi connectivity index (χ1n) is 5.42. The molecule has 0 aliphatic rings. The van der Waals surface area contributed by atoms with Gasteiger partial charge in [-0.2, -0.15) is 4.98 Å². The van der Waals surface area contributed by atoms with Crippen LogP contribution in [0.5, 0.6) is 0 Å². The lowest BCUT2D eigenvalue weighted by molar-refractivity contribution is -0.141. The number of hydrogen-bond donors (Lipinski definition) is 1. The second-order valence-corrected chi connectivity index (χ2v) is 3.96. The summed E-state index contributed by atoms with van der Waals surface area (Å²) in [5, 5.41) is 12.7. The molecule has 2 rings (SSSR count). The van der Waals surface area contributed by atoms with Gasteiger partial charge in [0.15, 0.2) is 0 Å². The summed E-state index contributed by atoms with van der Waals surface area (Å²) in [6.45, 7) is 3.33. The van der Waals surface area contributed by atoms with E-state index in [1.165, 1.54) is 12.4 Å². The van der Waals surface area contributed by atoms with Crippen LogP contribution >= 0.6 is 0 Å². The minimum Gasteiger partial charge on any atom is -0.481 e. The Labute approximate surface area is 103 Å². The molecule has 2 aromatic rings. The van der Waals surface area contributed by atoms with E-state index in [1.807, 2.05) is 0 Å². The van der Waals surface area contributed by atoms with E-state index in [9.17, 15) is 4.79 Å². The van der Waals surface area contributed by atoms with E-state index in [0.717, 1.165) is 0 Å². The molecule has 2 unspecified atom stereocenters. The summed E-state index contributed by atoms with van der Waals surface area (Å²) in [4.78, 5) is 23.0. The highest BCUT2D eigenvalue weighted by Gasteiger charge is 2.26. The second kappa shape index (κ2) is 4.91. The zero-order valence-corrected chi connectivity index (χ0v) is 9.94. The molecule has 2 aromatic heterocycles. The highest BCUT2D eigenvalue weighted by Crippen LogP contribution is 2.24. The first kappa shape index (κ1) is 12.2. The summed E-state index contributed by atoms with van der Waals surface area (Å²) in [6, 6.07) is 0. The molecule has 0 bridgehead atoms. The van der Waals surface area contributed by atoms with E-state index in [0.29, 0.717) is 11.5 Å². The molecule has 7 heteroatoms. The zero-order chi connectivity index (χ0) is 13.1. The van der Waals surface area contributed by atoms with Crippen molar-refractivity contribution in [1.29, 1.82) is 0 Å². The largest absolute Gasteiger partial charge is 0.481 e. The standard InChI is InChI=1S/C11H12N4O3/c1-6(7(2)11(16)17)10-14-9(15-18-10)8-5-12-3-4-13-8/h3-7H,1-2H3,(H,16,17). The first-order valence-corrected chi connectivity index (χ1v) is 5.42. The summed E-state index contributed by atoms with van der Waals surface area (Å²) in [5.41, 5.74) is 0.489. The van der Waals surface area contributed by atoms with Crippen LogP contribution in [0.15, 0.2) is 23.1 Å². The zero-order valence-electron chi connectivity index (χ0n) is 9.94. The highest BCUT2D eigenvalue weighted by molar-refractivity contribution is 5.70. The Balaban J connectivity index is 2.23. The quantitative estimate of drug-likeness (QED) is 0.871. The van der Waals surface area contributed by atoms with Gasteiger partial charge in [0, 0.05) is 18.3 Å². The van der Waals surface area contributed by atoms with Gasteiger partial charge in [0.1, 0.15) is 5.69 Å². The summed E-state index contributed by atoms with van der Waals surface area (Å²) in [5.74, 6) is -1.27. The van der Waals surface area contributed by atoms with E-state index in [-0.39, 0.29) is 11.8 Å². The molecule has 94 valence electrons. The lowest BCUT2D eigenvalue weighted by Gasteiger charge is -2.10. The van der Waals surface area contributed by atoms with Crippen molar-refractivity contribution in [3.05, 3.63) is 24.5 Å². The van der Waals surface area contributed by atoms with E-state index in [2.05, 4.69) is 20.1 Å². The van der Waals surface area contributed by atoms with E-state index in [1.54, 1.807) is 20.0 Å². The maximum absolute atomic E-state index is 10.9. The van der Waals surface area contributed by atoms with Crippen LogP contribution in [0.25, 0.3) is 11.5 Å². The molecule has 0 spiro atoms. The number of carboxylic acids is 1. The number of nitrogens with zero attached hydrogens (tertiary/aromatic N) is 4. The normalized spacial score (nSPS) is 14.1. The van der Waals surface area contributed by atoms with Crippen molar-refractivity contribution in [1.82, 2.24) is 20.1 Å². The molecule has 0 fully saturated rings. The smallest absolute Gasteiger partial charge is 0.307 e. The van der Waals surface area contributed by atoms with Crippen molar-refractivity contribution < 1.29 is 14.4 Å². The highest BCUT2D eigenvalue weighted by atomic mass is 16.5. The van der Waals surface area contributed by atoms with Gasteiger partial charge in [-0.25, -0.2) is 4.98 Å². The fourth-order valence-corrected chi connectivity index (χ4v) is 1.37. The van der Waals surface area contributed by atoms with Gasteiger partial charge in [-0.05, 0) is 0 Å². The fourth-order valence-electron chi connectivity index (χ4n) is 1.37. The third-order valence-electron chi connectivity index (χ3n) is 2.76. The van der Waals surface area contributed by atoms with Crippen molar-refractivity contribution in [3.8, 4) is 11.5 Å². The third-order valence-corrected chi connectivity index (χ3v) is 2.76. The summed E-state index contributed by atoms with van der Waals surface area (Å²) >= 11 is 0. The number of carboxylic acid groups (broad SMARTS) is 1. The number of carbonyl (C=O) groups is 1. The predicted molar refractivity (Wildman–Crippen MR) is 60.5 cm³/mol. The molecule has 0 aromatic carbocycles. The van der Waals surface area contributed by atoms with Crippen LogP contribution < -0.4 is 0 Å². The minimum atomic E-state index is -0.901. The van der Waals surface area contributed by atoms with E-state index >= 15 is 0 Å². The fraction of sp³-hybridized carbons (Fsp3) is 0.364. The van der Waals surface area contributed by atoms with Crippen molar-refractivity contribution in [2.75, 3.05) is 0 Å². The van der Waals surface area contributed by atoms with Gasteiger partial charge in [0.25, 0.3) is 0 Å². The molecule has 7 nitrogen and oxygen atoms in total.